The predicted molar refractivity (Wildman–Crippen MR) is 92.3 cm³/mol. The molecule has 0 saturated carbocycles. The van der Waals surface area contributed by atoms with Gasteiger partial charge in [0.05, 0.1) is 6.61 Å². The zero-order chi connectivity index (χ0) is 15.3. The Labute approximate surface area is 133 Å². The van der Waals surface area contributed by atoms with Crippen LogP contribution in [0.3, 0.4) is 0 Å². The Morgan fingerprint density at radius 2 is 1.95 bits per heavy atom. The summed E-state index contributed by atoms with van der Waals surface area (Å²) in [5.74, 6) is 3.00. The number of nitrogens with one attached hydrogen (secondary N) is 1. The fraction of sp³-hybridized carbons (Fsp3) is 0.647. The molecule has 1 aromatic carbocycles. The molecule has 1 atom stereocenters. The molecule has 3 nitrogen and oxygen atoms in total. The van der Waals surface area contributed by atoms with Crippen molar-refractivity contribution < 1.29 is 9.84 Å². The van der Waals surface area contributed by atoms with E-state index in [1.165, 1.54) is 5.56 Å². The van der Waals surface area contributed by atoms with Crippen molar-refractivity contribution in [3.63, 3.8) is 0 Å². The normalized spacial score (nSPS) is 12.3. The van der Waals surface area contributed by atoms with E-state index in [9.17, 15) is 0 Å². The highest BCUT2D eigenvalue weighted by Gasteiger charge is 2.10. The Hall–Kier alpha value is -0.710. The molecule has 4 heteroatoms. The van der Waals surface area contributed by atoms with Crippen LogP contribution < -0.4 is 10.1 Å². The molecule has 1 unspecified atom stereocenters. The van der Waals surface area contributed by atoms with Gasteiger partial charge in [0, 0.05) is 18.4 Å². The van der Waals surface area contributed by atoms with Crippen molar-refractivity contribution in [2.24, 2.45) is 0 Å². The quantitative estimate of drug-likeness (QED) is 0.578. The molecule has 0 saturated heterocycles. The van der Waals surface area contributed by atoms with Crippen LogP contribution in [0.2, 0.25) is 0 Å². The van der Waals surface area contributed by atoms with Crippen molar-refractivity contribution in [3.05, 3.63) is 29.8 Å². The van der Waals surface area contributed by atoms with Crippen LogP contribution in [0.4, 0.5) is 0 Å². The molecular weight excluding hydrogens is 282 g/mol. The fourth-order valence-electron chi connectivity index (χ4n) is 1.98. The number of thioether (sulfide) groups is 1. The van der Waals surface area contributed by atoms with Gasteiger partial charge in [-0.15, -0.1) is 0 Å². The third-order valence-corrected chi connectivity index (χ3v) is 4.27. The Bertz CT molecular complexity index is 356. The minimum Gasteiger partial charge on any atom is -0.494 e. The maximum absolute atomic E-state index is 8.85. The molecular formula is C17H29NO2S. The summed E-state index contributed by atoms with van der Waals surface area (Å²) < 4.78 is 5.63. The lowest BCUT2D eigenvalue weighted by Crippen LogP contribution is -2.24. The largest absolute Gasteiger partial charge is 0.494 e. The minimum absolute atomic E-state index is 0.281. The summed E-state index contributed by atoms with van der Waals surface area (Å²) in [5.41, 5.74) is 1.31. The summed E-state index contributed by atoms with van der Waals surface area (Å²) in [5, 5.41) is 12.4. The van der Waals surface area contributed by atoms with E-state index in [1.807, 2.05) is 11.8 Å². The summed E-state index contributed by atoms with van der Waals surface area (Å²) in [6, 6.07) is 8.80. The van der Waals surface area contributed by atoms with E-state index in [-0.39, 0.29) is 6.61 Å². The highest BCUT2D eigenvalue weighted by Crippen LogP contribution is 2.22. The summed E-state index contributed by atoms with van der Waals surface area (Å²) >= 11 is 1.90. The van der Waals surface area contributed by atoms with Gasteiger partial charge in [0.2, 0.25) is 0 Å². The Morgan fingerprint density at radius 1 is 1.19 bits per heavy atom. The minimum atomic E-state index is 0.281. The molecule has 0 spiro atoms. The van der Waals surface area contributed by atoms with Crippen molar-refractivity contribution in [2.45, 2.75) is 39.2 Å². The van der Waals surface area contributed by atoms with Crippen molar-refractivity contribution in [1.29, 1.82) is 0 Å². The summed E-state index contributed by atoms with van der Waals surface area (Å²) in [7, 11) is 0. The van der Waals surface area contributed by atoms with Gasteiger partial charge >= 0.3 is 0 Å². The highest BCUT2D eigenvalue weighted by atomic mass is 32.2. The number of ether oxygens (including phenoxy) is 1. The molecule has 0 radical (unpaired) electrons. The molecule has 0 bridgehead atoms. The molecule has 1 aromatic rings. The van der Waals surface area contributed by atoms with Crippen LogP contribution >= 0.6 is 11.8 Å². The van der Waals surface area contributed by atoms with E-state index in [0.717, 1.165) is 49.7 Å². The van der Waals surface area contributed by atoms with E-state index >= 15 is 0 Å². The molecule has 0 aliphatic heterocycles. The topological polar surface area (TPSA) is 41.5 Å². The SMILES string of the molecule is CCCNC(CSCCCO)c1ccc(OCCC)cc1. The summed E-state index contributed by atoms with van der Waals surface area (Å²) in [6.07, 6.45) is 3.04. The Morgan fingerprint density at radius 3 is 2.57 bits per heavy atom. The van der Waals surface area contributed by atoms with E-state index in [0.29, 0.717) is 6.04 Å². The average molecular weight is 311 g/mol. The van der Waals surface area contributed by atoms with E-state index in [1.54, 1.807) is 0 Å². The van der Waals surface area contributed by atoms with Gasteiger partial charge in [-0.2, -0.15) is 11.8 Å². The predicted octanol–water partition coefficient (Wildman–Crippen LogP) is 3.63. The standard InChI is InChI=1S/C17H29NO2S/c1-3-10-18-17(14-21-13-5-11-19)15-6-8-16(9-7-15)20-12-4-2/h6-9,17-19H,3-5,10-14H2,1-2H3. The second kappa shape index (κ2) is 11.9. The van der Waals surface area contributed by atoms with E-state index in [2.05, 4.69) is 43.4 Å². The van der Waals surface area contributed by atoms with Gasteiger partial charge in [0.25, 0.3) is 0 Å². The fourth-order valence-corrected chi connectivity index (χ4v) is 3.02. The molecule has 0 amide bonds. The Kier molecular flexibility index (Phi) is 10.4. The van der Waals surface area contributed by atoms with Crippen LogP contribution in [-0.2, 0) is 0 Å². The third-order valence-electron chi connectivity index (χ3n) is 3.13. The molecule has 0 aliphatic carbocycles. The first-order valence-corrected chi connectivity index (χ1v) is 9.12. The lowest BCUT2D eigenvalue weighted by molar-refractivity contribution is 0.296. The zero-order valence-electron chi connectivity index (χ0n) is 13.3. The molecule has 21 heavy (non-hydrogen) atoms. The first kappa shape index (κ1) is 18.3. The maximum Gasteiger partial charge on any atom is 0.119 e. The van der Waals surface area contributed by atoms with Crippen molar-refractivity contribution in [2.75, 3.05) is 31.3 Å². The number of hydrogen-bond donors (Lipinski definition) is 2. The number of benzene rings is 1. The first-order chi connectivity index (χ1) is 10.3. The first-order valence-electron chi connectivity index (χ1n) is 7.96. The lowest BCUT2D eigenvalue weighted by Gasteiger charge is -2.19. The second-order valence-electron chi connectivity index (χ2n) is 5.08. The van der Waals surface area contributed by atoms with Crippen LogP contribution in [0.1, 0.15) is 44.7 Å². The average Bonchev–Trinajstić information content (AvgIpc) is 2.53. The van der Waals surface area contributed by atoms with Gasteiger partial charge in [-0.05, 0) is 49.3 Å². The molecule has 0 aromatic heterocycles. The van der Waals surface area contributed by atoms with E-state index < -0.39 is 0 Å². The zero-order valence-corrected chi connectivity index (χ0v) is 14.1. The number of aliphatic hydroxyl groups is 1. The van der Waals surface area contributed by atoms with Crippen molar-refractivity contribution in [1.82, 2.24) is 5.32 Å². The number of hydrogen-bond acceptors (Lipinski definition) is 4. The van der Waals surface area contributed by atoms with Gasteiger partial charge in [0.15, 0.2) is 0 Å². The summed E-state index contributed by atoms with van der Waals surface area (Å²) in [4.78, 5) is 0. The lowest BCUT2D eigenvalue weighted by atomic mass is 10.1. The highest BCUT2D eigenvalue weighted by molar-refractivity contribution is 7.99. The smallest absolute Gasteiger partial charge is 0.119 e. The van der Waals surface area contributed by atoms with Crippen LogP contribution in [0.15, 0.2) is 24.3 Å². The monoisotopic (exact) mass is 311 g/mol. The molecule has 0 fully saturated rings. The van der Waals surface area contributed by atoms with Gasteiger partial charge in [-0.3, -0.25) is 0 Å². The van der Waals surface area contributed by atoms with Crippen LogP contribution in [0, 0.1) is 0 Å². The summed E-state index contributed by atoms with van der Waals surface area (Å²) in [6.45, 7) is 6.38. The van der Waals surface area contributed by atoms with Crippen molar-refractivity contribution in [3.8, 4) is 5.75 Å². The van der Waals surface area contributed by atoms with Gasteiger partial charge in [-0.1, -0.05) is 26.0 Å². The van der Waals surface area contributed by atoms with Crippen molar-refractivity contribution >= 4 is 11.8 Å². The van der Waals surface area contributed by atoms with Gasteiger partial charge < -0.3 is 15.2 Å². The van der Waals surface area contributed by atoms with Crippen LogP contribution in [0.25, 0.3) is 0 Å². The second-order valence-corrected chi connectivity index (χ2v) is 6.23. The molecule has 1 rings (SSSR count). The van der Waals surface area contributed by atoms with E-state index in [4.69, 9.17) is 9.84 Å². The van der Waals surface area contributed by atoms with Crippen LogP contribution in [-0.4, -0.2) is 36.4 Å². The third kappa shape index (κ3) is 7.74. The maximum atomic E-state index is 8.85. The molecule has 2 N–H and O–H groups in total. The molecule has 120 valence electrons. The molecule has 0 aliphatic rings. The van der Waals surface area contributed by atoms with Gasteiger partial charge in [0.1, 0.15) is 5.75 Å². The molecule has 0 heterocycles. The van der Waals surface area contributed by atoms with Crippen LogP contribution in [0.5, 0.6) is 5.75 Å². The Balaban J connectivity index is 2.54. The van der Waals surface area contributed by atoms with Gasteiger partial charge in [-0.25, -0.2) is 0 Å². The number of aliphatic hydroxyl groups excluding tert-OH is 1. The number of rotatable bonds is 12.